The Morgan fingerprint density at radius 3 is 2.70 bits per heavy atom. The van der Waals surface area contributed by atoms with E-state index in [1.165, 1.54) is 36.5 Å². The fourth-order valence-electron chi connectivity index (χ4n) is 2.14. The molecule has 2 aromatic rings. The van der Waals surface area contributed by atoms with Crippen molar-refractivity contribution < 1.29 is 22.4 Å². The van der Waals surface area contributed by atoms with Crippen LogP contribution in [0, 0.1) is 12.7 Å². The second-order valence-corrected chi connectivity index (χ2v) is 5.21. The van der Waals surface area contributed by atoms with E-state index in [1.54, 1.807) is 6.92 Å². The number of carbonyl (C=O) groups excluding carboxylic acids is 1. The van der Waals surface area contributed by atoms with Gasteiger partial charge in [0.2, 0.25) is 0 Å². The Balaban J connectivity index is 2.16. The summed E-state index contributed by atoms with van der Waals surface area (Å²) in [6.45, 7) is 0.367. The molecule has 0 saturated carbocycles. The summed E-state index contributed by atoms with van der Waals surface area (Å²) in [5.41, 5.74) is 0.753. The summed E-state index contributed by atoms with van der Waals surface area (Å²) in [7, 11) is 1.43. The fourth-order valence-corrected chi connectivity index (χ4v) is 2.14. The molecule has 0 bridgehead atoms. The van der Waals surface area contributed by atoms with Crippen LogP contribution in [-0.2, 0) is 13.1 Å². The molecule has 1 aromatic heterocycles. The molecule has 0 saturated heterocycles. The first-order chi connectivity index (χ1) is 10.7. The van der Waals surface area contributed by atoms with Gasteiger partial charge in [-0.2, -0.15) is 13.2 Å². The highest BCUT2D eigenvalue weighted by atomic mass is 19.4. The second kappa shape index (κ2) is 6.39. The summed E-state index contributed by atoms with van der Waals surface area (Å²) in [5.74, 6) is -0.929. The quantitative estimate of drug-likeness (QED) is 0.808. The maximum atomic E-state index is 13.3. The van der Waals surface area contributed by atoms with Gasteiger partial charge in [-0.15, -0.1) is 0 Å². The van der Waals surface area contributed by atoms with Gasteiger partial charge in [0, 0.05) is 25.0 Å². The van der Waals surface area contributed by atoms with Crippen LogP contribution in [-0.4, -0.2) is 33.6 Å². The molecular weight excluding hydrogens is 314 g/mol. The number of rotatable bonds is 4. The number of halogens is 4. The first-order valence-electron chi connectivity index (χ1n) is 6.76. The highest BCUT2D eigenvalue weighted by Crippen LogP contribution is 2.19. The minimum Gasteiger partial charge on any atom is -0.334 e. The molecule has 8 heteroatoms. The maximum absolute atomic E-state index is 13.3. The van der Waals surface area contributed by atoms with Gasteiger partial charge in [-0.05, 0) is 24.6 Å². The van der Waals surface area contributed by atoms with Crippen LogP contribution in [0.15, 0.2) is 30.6 Å². The lowest BCUT2D eigenvalue weighted by Gasteiger charge is -2.19. The van der Waals surface area contributed by atoms with Crippen molar-refractivity contribution in [2.75, 3.05) is 7.05 Å². The number of hydrogen-bond acceptors (Lipinski definition) is 2. The number of aromatic nitrogens is 2. The topological polar surface area (TPSA) is 38.1 Å². The van der Waals surface area contributed by atoms with Crippen LogP contribution in [0.5, 0.6) is 0 Å². The highest BCUT2D eigenvalue weighted by molar-refractivity contribution is 5.95. The molecule has 0 aliphatic heterocycles. The number of benzene rings is 1. The first-order valence-corrected chi connectivity index (χ1v) is 6.76. The van der Waals surface area contributed by atoms with Crippen LogP contribution in [0.25, 0.3) is 0 Å². The van der Waals surface area contributed by atoms with E-state index in [0.717, 1.165) is 10.6 Å². The summed E-state index contributed by atoms with van der Waals surface area (Å²) >= 11 is 0. The Morgan fingerprint density at radius 1 is 1.35 bits per heavy atom. The van der Waals surface area contributed by atoms with Gasteiger partial charge in [-0.1, -0.05) is 6.07 Å². The molecule has 124 valence electrons. The number of imidazole rings is 1. The summed E-state index contributed by atoms with van der Waals surface area (Å²) in [6, 6.07) is 3.82. The zero-order valence-corrected chi connectivity index (χ0v) is 12.6. The molecule has 1 aromatic carbocycles. The number of carbonyl (C=O) groups is 1. The zero-order chi connectivity index (χ0) is 17.2. The van der Waals surface area contributed by atoms with Crippen LogP contribution in [0.4, 0.5) is 17.6 Å². The Labute approximate surface area is 130 Å². The first kappa shape index (κ1) is 17.0. The number of amides is 1. The van der Waals surface area contributed by atoms with Gasteiger partial charge >= 0.3 is 6.18 Å². The molecular formula is C15H15F4N3O. The van der Waals surface area contributed by atoms with Crippen LogP contribution in [0.2, 0.25) is 0 Å². The van der Waals surface area contributed by atoms with Crippen molar-refractivity contribution in [1.82, 2.24) is 14.5 Å². The van der Waals surface area contributed by atoms with Crippen molar-refractivity contribution in [1.29, 1.82) is 0 Å². The molecule has 1 heterocycles. The normalized spacial score (nSPS) is 11.6. The smallest absolute Gasteiger partial charge is 0.334 e. The Bertz CT molecular complexity index is 709. The third kappa shape index (κ3) is 4.30. The number of aryl methyl sites for hydroxylation is 1. The lowest BCUT2D eigenvalue weighted by molar-refractivity contribution is -0.141. The van der Waals surface area contributed by atoms with Crippen molar-refractivity contribution in [3.63, 3.8) is 0 Å². The van der Waals surface area contributed by atoms with Gasteiger partial charge in [-0.25, -0.2) is 9.37 Å². The zero-order valence-electron chi connectivity index (χ0n) is 12.6. The van der Waals surface area contributed by atoms with E-state index in [1.807, 2.05) is 0 Å². The summed E-state index contributed by atoms with van der Waals surface area (Å²) in [5, 5.41) is 0. The standard InChI is InChI=1S/C15H15F4N3O/c1-10-3-4-11(16)7-12(10)14(23)21(2)8-13-20-5-6-22(13)9-15(17,18)19/h3-7H,8-9H2,1-2H3. The highest BCUT2D eigenvalue weighted by Gasteiger charge is 2.29. The van der Waals surface area contributed by atoms with Gasteiger partial charge in [0.05, 0.1) is 6.54 Å². The van der Waals surface area contributed by atoms with Crippen molar-refractivity contribution in [3.05, 3.63) is 53.4 Å². The van der Waals surface area contributed by atoms with E-state index in [9.17, 15) is 22.4 Å². The average molecular weight is 329 g/mol. The summed E-state index contributed by atoms with van der Waals surface area (Å²) in [4.78, 5) is 17.4. The van der Waals surface area contributed by atoms with Gasteiger partial charge < -0.3 is 9.47 Å². The monoisotopic (exact) mass is 329 g/mol. The Kier molecular flexibility index (Phi) is 4.72. The van der Waals surface area contributed by atoms with Crippen LogP contribution in [0.3, 0.4) is 0 Å². The molecule has 23 heavy (non-hydrogen) atoms. The van der Waals surface area contributed by atoms with Gasteiger partial charge in [0.25, 0.3) is 5.91 Å². The number of nitrogens with zero attached hydrogens (tertiary/aromatic N) is 3. The lowest BCUT2D eigenvalue weighted by Crippen LogP contribution is -2.29. The predicted molar refractivity (Wildman–Crippen MR) is 75.2 cm³/mol. The average Bonchev–Trinajstić information content (AvgIpc) is 2.85. The van der Waals surface area contributed by atoms with E-state index < -0.39 is 24.4 Å². The van der Waals surface area contributed by atoms with Crippen molar-refractivity contribution in [3.8, 4) is 0 Å². The molecule has 0 atom stereocenters. The molecule has 4 nitrogen and oxygen atoms in total. The number of alkyl halides is 3. The van der Waals surface area contributed by atoms with E-state index in [2.05, 4.69) is 4.98 Å². The molecule has 0 N–H and O–H groups in total. The number of hydrogen-bond donors (Lipinski definition) is 0. The van der Waals surface area contributed by atoms with Gasteiger partial charge in [-0.3, -0.25) is 4.79 Å². The van der Waals surface area contributed by atoms with Crippen molar-refractivity contribution in [2.45, 2.75) is 26.2 Å². The minimum atomic E-state index is -4.38. The van der Waals surface area contributed by atoms with Gasteiger partial charge in [0.1, 0.15) is 18.2 Å². The van der Waals surface area contributed by atoms with Crippen molar-refractivity contribution >= 4 is 5.91 Å². The molecule has 0 fully saturated rings. The van der Waals surface area contributed by atoms with E-state index >= 15 is 0 Å². The SMILES string of the molecule is Cc1ccc(F)cc1C(=O)N(C)Cc1nccn1CC(F)(F)F. The third-order valence-electron chi connectivity index (χ3n) is 3.31. The minimum absolute atomic E-state index is 0.104. The molecule has 0 radical (unpaired) electrons. The Morgan fingerprint density at radius 2 is 2.04 bits per heavy atom. The van der Waals surface area contributed by atoms with Crippen molar-refractivity contribution in [2.24, 2.45) is 0 Å². The van der Waals surface area contributed by atoms with Crippen LogP contribution in [0.1, 0.15) is 21.7 Å². The maximum Gasteiger partial charge on any atom is 0.406 e. The molecule has 1 amide bonds. The fraction of sp³-hybridized carbons (Fsp3) is 0.333. The van der Waals surface area contributed by atoms with Gasteiger partial charge in [0.15, 0.2) is 0 Å². The Hall–Kier alpha value is -2.38. The molecule has 0 spiro atoms. The summed E-state index contributed by atoms with van der Waals surface area (Å²) in [6.07, 6.45) is -1.93. The largest absolute Gasteiger partial charge is 0.406 e. The summed E-state index contributed by atoms with van der Waals surface area (Å²) < 4.78 is 51.7. The van der Waals surface area contributed by atoms with E-state index in [4.69, 9.17) is 0 Å². The molecule has 2 rings (SSSR count). The predicted octanol–water partition coefficient (Wildman–Crippen LogP) is 3.17. The third-order valence-corrected chi connectivity index (χ3v) is 3.31. The molecule has 0 unspecified atom stereocenters. The molecule has 0 aliphatic carbocycles. The van der Waals surface area contributed by atoms with E-state index in [-0.39, 0.29) is 17.9 Å². The van der Waals surface area contributed by atoms with E-state index in [0.29, 0.717) is 5.56 Å². The van der Waals surface area contributed by atoms with Crippen LogP contribution >= 0.6 is 0 Å². The molecule has 0 aliphatic rings. The van der Waals surface area contributed by atoms with Crippen LogP contribution < -0.4 is 0 Å². The second-order valence-electron chi connectivity index (χ2n) is 5.21. The lowest BCUT2D eigenvalue weighted by atomic mass is 10.1.